The highest BCUT2D eigenvalue weighted by molar-refractivity contribution is 8.07. The van der Waals surface area contributed by atoms with Gasteiger partial charge in [0.15, 0.2) is 5.38 Å². The SMILES string of the molecule is [O-]C1=C(C=C2C=CSC(Cl)=C2)C(O)C1=Cc1cc[s+]c(Cl)c1. The molecule has 0 spiro atoms. The highest BCUT2D eigenvalue weighted by Crippen LogP contribution is 2.36. The minimum absolute atomic E-state index is 0.153. The van der Waals surface area contributed by atoms with E-state index in [-0.39, 0.29) is 5.76 Å². The Bertz CT molecular complexity index is 776. The first-order valence-corrected chi connectivity index (χ1v) is 8.87. The minimum Gasteiger partial charge on any atom is -0.872 e. The van der Waals surface area contributed by atoms with Gasteiger partial charge in [-0.15, -0.1) is 0 Å². The number of rotatable bonds is 2. The molecule has 2 heterocycles. The summed E-state index contributed by atoms with van der Waals surface area (Å²) >= 11 is 14.7. The van der Waals surface area contributed by atoms with Crippen LogP contribution in [-0.4, -0.2) is 11.2 Å². The lowest BCUT2D eigenvalue weighted by Crippen LogP contribution is -2.33. The molecule has 0 fully saturated rings. The summed E-state index contributed by atoms with van der Waals surface area (Å²) in [7, 11) is 0. The van der Waals surface area contributed by atoms with E-state index in [9.17, 15) is 10.2 Å². The molecule has 1 atom stereocenters. The highest BCUT2D eigenvalue weighted by Gasteiger charge is 2.26. The van der Waals surface area contributed by atoms with E-state index in [2.05, 4.69) is 0 Å². The summed E-state index contributed by atoms with van der Waals surface area (Å²) in [5.41, 5.74) is 2.36. The Hall–Kier alpha value is -1.04. The summed E-state index contributed by atoms with van der Waals surface area (Å²) in [5.74, 6) is -0.153. The van der Waals surface area contributed by atoms with Crippen LogP contribution in [0.25, 0.3) is 6.08 Å². The quantitative estimate of drug-likeness (QED) is 0.790. The molecule has 22 heavy (non-hydrogen) atoms. The number of hydrogen-bond acceptors (Lipinski definition) is 3. The van der Waals surface area contributed by atoms with Gasteiger partial charge in [0, 0.05) is 12.1 Å². The molecule has 2 aliphatic rings. The van der Waals surface area contributed by atoms with Gasteiger partial charge < -0.3 is 10.2 Å². The van der Waals surface area contributed by atoms with E-state index in [0.717, 1.165) is 11.1 Å². The Balaban J connectivity index is 1.90. The van der Waals surface area contributed by atoms with Gasteiger partial charge in [-0.05, 0) is 63.6 Å². The average Bonchev–Trinajstić information content (AvgIpc) is 2.50. The monoisotopic (exact) mass is 368 g/mol. The van der Waals surface area contributed by atoms with Gasteiger partial charge in [0.05, 0.1) is 4.36 Å². The average molecular weight is 369 g/mol. The molecule has 0 saturated heterocycles. The molecule has 1 aromatic rings. The second kappa shape index (κ2) is 6.60. The van der Waals surface area contributed by atoms with Crippen LogP contribution in [0.2, 0.25) is 4.34 Å². The van der Waals surface area contributed by atoms with Crippen LogP contribution in [0.4, 0.5) is 0 Å². The third kappa shape index (κ3) is 3.31. The van der Waals surface area contributed by atoms with Crippen LogP contribution in [-0.2, 0) is 0 Å². The largest absolute Gasteiger partial charge is 0.872 e. The Labute approximate surface area is 146 Å². The molecule has 1 aromatic heterocycles. The van der Waals surface area contributed by atoms with E-state index in [1.807, 2.05) is 22.9 Å². The molecular weight excluding hydrogens is 359 g/mol. The van der Waals surface area contributed by atoms with Gasteiger partial charge in [0.1, 0.15) is 6.10 Å². The third-order valence-corrected chi connectivity index (χ3v) is 5.18. The van der Waals surface area contributed by atoms with Gasteiger partial charge >= 0.3 is 0 Å². The van der Waals surface area contributed by atoms with E-state index >= 15 is 0 Å². The van der Waals surface area contributed by atoms with Crippen molar-refractivity contribution >= 4 is 52.4 Å². The van der Waals surface area contributed by atoms with Crippen molar-refractivity contribution in [2.24, 2.45) is 0 Å². The molecule has 1 N–H and O–H groups in total. The van der Waals surface area contributed by atoms with E-state index in [1.165, 1.54) is 23.1 Å². The Morgan fingerprint density at radius 1 is 1.32 bits per heavy atom. The normalized spacial score (nSPS) is 24.7. The molecule has 0 aromatic carbocycles. The highest BCUT2D eigenvalue weighted by atomic mass is 35.5. The van der Waals surface area contributed by atoms with Crippen molar-refractivity contribution in [2.45, 2.75) is 6.10 Å². The number of aliphatic hydroxyl groups is 1. The first-order valence-electron chi connectivity index (χ1n) is 6.35. The maximum absolute atomic E-state index is 12.2. The predicted molar refractivity (Wildman–Crippen MR) is 93.5 cm³/mol. The van der Waals surface area contributed by atoms with Crippen LogP contribution in [0.1, 0.15) is 5.56 Å². The number of thioether (sulfide) groups is 1. The lowest BCUT2D eigenvalue weighted by molar-refractivity contribution is -0.305. The molecule has 0 bridgehead atoms. The van der Waals surface area contributed by atoms with Gasteiger partial charge in [-0.2, -0.15) is 0 Å². The summed E-state index contributed by atoms with van der Waals surface area (Å²) < 4.78 is 1.26. The molecule has 0 saturated carbocycles. The molecule has 112 valence electrons. The van der Waals surface area contributed by atoms with Gasteiger partial charge in [-0.25, -0.2) is 0 Å². The summed E-state index contributed by atoms with van der Waals surface area (Å²) in [5, 5.41) is 26.1. The fourth-order valence-corrected chi connectivity index (χ4v) is 3.79. The Kier molecular flexibility index (Phi) is 4.76. The lowest BCUT2D eigenvalue weighted by Gasteiger charge is -2.36. The van der Waals surface area contributed by atoms with Crippen LogP contribution >= 0.6 is 46.3 Å². The first-order chi connectivity index (χ1) is 10.5. The van der Waals surface area contributed by atoms with Crippen molar-refractivity contribution in [3.05, 3.63) is 77.9 Å². The van der Waals surface area contributed by atoms with Crippen molar-refractivity contribution in [3.63, 3.8) is 0 Å². The molecule has 6 heteroatoms. The molecule has 0 radical (unpaired) electrons. The summed E-state index contributed by atoms with van der Waals surface area (Å²) in [6.45, 7) is 0. The minimum atomic E-state index is -0.877. The topological polar surface area (TPSA) is 43.3 Å². The van der Waals surface area contributed by atoms with Crippen LogP contribution in [0.3, 0.4) is 0 Å². The number of aliphatic hydroxyl groups excluding tert-OH is 1. The smallest absolute Gasteiger partial charge is 0.298 e. The fourth-order valence-electron chi connectivity index (χ4n) is 2.11. The second-order valence-electron chi connectivity index (χ2n) is 4.67. The van der Waals surface area contributed by atoms with Gasteiger partial charge in [0.2, 0.25) is 11.3 Å². The van der Waals surface area contributed by atoms with Crippen molar-refractivity contribution in [3.8, 4) is 0 Å². The van der Waals surface area contributed by atoms with E-state index in [0.29, 0.717) is 19.8 Å². The van der Waals surface area contributed by atoms with Crippen molar-refractivity contribution in [1.29, 1.82) is 0 Å². The molecule has 3 rings (SSSR count). The molecular formula is C16H10Cl2O2S2. The molecule has 0 amide bonds. The van der Waals surface area contributed by atoms with Crippen molar-refractivity contribution in [2.75, 3.05) is 0 Å². The molecule has 1 unspecified atom stereocenters. The van der Waals surface area contributed by atoms with E-state index in [1.54, 1.807) is 24.3 Å². The van der Waals surface area contributed by atoms with Crippen LogP contribution < -0.4 is 5.11 Å². The zero-order valence-corrected chi connectivity index (χ0v) is 14.3. The van der Waals surface area contributed by atoms with Gasteiger partial charge in [0.25, 0.3) is 4.34 Å². The number of halogens is 2. The summed E-state index contributed by atoms with van der Waals surface area (Å²) in [4.78, 5) is 0. The van der Waals surface area contributed by atoms with Crippen LogP contribution in [0, 0.1) is 0 Å². The lowest BCUT2D eigenvalue weighted by atomic mass is 9.84. The molecule has 1 aliphatic heterocycles. The zero-order valence-electron chi connectivity index (χ0n) is 11.1. The standard InChI is InChI=1S/C16H10Cl2O2S2/c17-13-7-9(1-3-21-13)5-11-15(19)12(16(11)20)6-10-2-4-22-14(18)8-10/h1-8,15,19H. The number of hydrogen-bond donors (Lipinski definition) is 1. The maximum atomic E-state index is 12.2. The molecule has 2 nitrogen and oxygen atoms in total. The van der Waals surface area contributed by atoms with Crippen LogP contribution in [0.15, 0.2) is 68.0 Å². The predicted octanol–water partition coefficient (Wildman–Crippen LogP) is 4.32. The summed E-state index contributed by atoms with van der Waals surface area (Å²) in [6, 6.07) is 3.61. The van der Waals surface area contributed by atoms with Crippen LogP contribution in [0.5, 0.6) is 0 Å². The van der Waals surface area contributed by atoms with Crippen molar-refractivity contribution < 1.29 is 10.2 Å². The van der Waals surface area contributed by atoms with Crippen molar-refractivity contribution in [1.82, 2.24) is 0 Å². The number of allylic oxidation sites excluding steroid dienone is 3. The fraction of sp³-hybridized carbons (Fsp3) is 0.0625. The third-order valence-electron chi connectivity index (χ3n) is 3.20. The first kappa shape index (κ1) is 15.8. The maximum Gasteiger partial charge on any atom is 0.298 e. The van der Waals surface area contributed by atoms with Gasteiger partial charge in [-0.3, -0.25) is 0 Å². The summed E-state index contributed by atoms with van der Waals surface area (Å²) in [6.07, 6.45) is 6.08. The molecule has 1 aliphatic carbocycles. The Morgan fingerprint density at radius 2 is 2.14 bits per heavy atom. The van der Waals surface area contributed by atoms with Gasteiger partial charge in [-0.1, -0.05) is 29.1 Å². The van der Waals surface area contributed by atoms with E-state index in [4.69, 9.17) is 23.2 Å². The van der Waals surface area contributed by atoms with E-state index < -0.39 is 6.10 Å². The Morgan fingerprint density at radius 3 is 2.82 bits per heavy atom. The zero-order chi connectivity index (χ0) is 15.7. The second-order valence-corrected chi connectivity index (χ2v) is 7.83.